The molecule has 1 amide bonds. The Kier molecular flexibility index (Phi) is 5.12. The number of aryl methyl sites for hydroxylation is 1. The molecule has 0 unspecified atom stereocenters. The summed E-state index contributed by atoms with van der Waals surface area (Å²) in [6.07, 6.45) is -1.22. The summed E-state index contributed by atoms with van der Waals surface area (Å²) in [4.78, 5) is 17.6. The first-order valence-electron chi connectivity index (χ1n) is 9.07. The van der Waals surface area contributed by atoms with Crippen molar-refractivity contribution in [3.8, 4) is 0 Å². The summed E-state index contributed by atoms with van der Waals surface area (Å²) < 4.78 is 43.5. The Morgan fingerprint density at radius 3 is 2.44 bits per heavy atom. The minimum Gasteiger partial charge on any atom is -0.444 e. The second kappa shape index (κ2) is 6.83. The number of halogens is 4. The Labute approximate surface area is 162 Å². The van der Waals surface area contributed by atoms with Crippen molar-refractivity contribution in [3.05, 3.63) is 28.5 Å². The van der Waals surface area contributed by atoms with Gasteiger partial charge in [0, 0.05) is 24.2 Å². The first kappa shape index (κ1) is 20.2. The van der Waals surface area contributed by atoms with Crippen LogP contribution in [0.15, 0.2) is 12.1 Å². The second-order valence-corrected chi connectivity index (χ2v) is 9.15. The molecule has 3 rings (SSSR count). The normalized spacial score (nSPS) is 19.6. The summed E-state index contributed by atoms with van der Waals surface area (Å²) in [6, 6.07) is 2.40. The summed E-state index contributed by atoms with van der Waals surface area (Å²) in [6.45, 7) is 7.00. The minimum absolute atomic E-state index is 0.201. The van der Waals surface area contributed by atoms with Crippen LogP contribution in [-0.2, 0) is 17.3 Å². The van der Waals surface area contributed by atoms with Crippen molar-refractivity contribution >= 4 is 17.7 Å². The molecule has 1 saturated carbocycles. The summed E-state index contributed by atoms with van der Waals surface area (Å²) in [7, 11) is 0. The van der Waals surface area contributed by atoms with E-state index in [0.717, 1.165) is 38.4 Å². The molecule has 27 heavy (non-hydrogen) atoms. The summed E-state index contributed by atoms with van der Waals surface area (Å²) >= 11 is 5.67. The highest BCUT2D eigenvalue weighted by atomic mass is 35.5. The number of pyridine rings is 1. The number of nitrogens with zero attached hydrogens (tertiary/aromatic N) is 2. The Morgan fingerprint density at radius 2 is 1.93 bits per heavy atom. The van der Waals surface area contributed by atoms with Gasteiger partial charge in [0.25, 0.3) is 0 Å². The maximum absolute atomic E-state index is 12.7. The maximum Gasteiger partial charge on any atom is 0.419 e. The number of rotatable bonds is 3. The lowest BCUT2D eigenvalue weighted by Crippen LogP contribution is -2.64. The zero-order chi connectivity index (χ0) is 20.0. The van der Waals surface area contributed by atoms with Crippen LogP contribution in [-0.4, -0.2) is 34.7 Å². The molecule has 0 atom stereocenters. The molecule has 0 N–H and O–H groups in total. The third-order valence-corrected chi connectivity index (χ3v) is 5.46. The molecule has 150 valence electrons. The average Bonchev–Trinajstić information content (AvgIpc) is 2.40. The zero-order valence-corrected chi connectivity index (χ0v) is 16.5. The van der Waals surface area contributed by atoms with Gasteiger partial charge in [0.1, 0.15) is 10.8 Å². The van der Waals surface area contributed by atoms with Crippen LogP contribution in [0.25, 0.3) is 0 Å². The van der Waals surface area contributed by atoms with E-state index in [2.05, 4.69) is 4.98 Å². The molecule has 1 spiro atoms. The monoisotopic (exact) mass is 404 g/mol. The van der Waals surface area contributed by atoms with Gasteiger partial charge in [-0.15, -0.1) is 0 Å². The number of carbonyl (C=O) groups excluding carboxylic acids is 1. The Morgan fingerprint density at radius 1 is 1.30 bits per heavy atom. The molecule has 2 heterocycles. The minimum atomic E-state index is -4.48. The molecule has 1 aromatic heterocycles. The van der Waals surface area contributed by atoms with Crippen LogP contribution < -0.4 is 0 Å². The van der Waals surface area contributed by atoms with Crippen molar-refractivity contribution in [2.45, 2.75) is 58.2 Å². The second-order valence-electron chi connectivity index (χ2n) is 8.79. The quantitative estimate of drug-likeness (QED) is 0.639. The van der Waals surface area contributed by atoms with Gasteiger partial charge in [-0.2, -0.15) is 13.2 Å². The van der Waals surface area contributed by atoms with Crippen LogP contribution in [0.1, 0.15) is 51.3 Å². The van der Waals surface area contributed by atoms with Gasteiger partial charge in [0.15, 0.2) is 0 Å². The van der Waals surface area contributed by atoms with Crippen molar-refractivity contribution in [2.75, 3.05) is 13.1 Å². The van der Waals surface area contributed by atoms with E-state index in [4.69, 9.17) is 16.3 Å². The van der Waals surface area contributed by atoms with E-state index in [9.17, 15) is 18.0 Å². The van der Waals surface area contributed by atoms with E-state index >= 15 is 0 Å². The molecular formula is C19H24ClF3N2O2. The van der Waals surface area contributed by atoms with Crippen molar-refractivity contribution in [3.63, 3.8) is 0 Å². The molecule has 2 fully saturated rings. The summed E-state index contributed by atoms with van der Waals surface area (Å²) in [5.41, 5.74) is -0.602. The molecule has 0 radical (unpaired) electrons. The largest absolute Gasteiger partial charge is 0.444 e. The molecule has 1 aromatic rings. The Hall–Kier alpha value is -1.50. The van der Waals surface area contributed by atoms with Crippen LogP contribution in [0, 0.1) is 11.3 Å². The average molecular weight is 405 g/mol. The molecule has 2 aliphatic rings. The fourth-order valence-electron chi connectivity index (χ4n) is 4.02. The number of ether oxygens (including phenoxy) is 1. The van der Waals surface area contributed by atoms with Gasteiger partial charge in [0.2, 0.25) is 0 Å². The highest BCUT2D eigenvalue weighted by Crippen LogP contribution is 2.53. The maximum atomic E-state index is 12.7. The smallest absolute Gasteiger partial charge is 0.419 e. The zero-order valence-electron chi connectivity index (χ0n) is 15.7. The van der Waals surface area contributed by atoms with E-state index in [1.165, 1.54) is 6.07 Å². The number of amides is 1. The number of aromatic nitrogens is 1. The van der Waals surface area contributed by atoms with E-state index < -0.39 is 22.5 Å². The fourth-order valence-corrected chi connectivity index (χ4v) is 4.30. The number of carbonyl (C=O) groups is 1. The van der Waals surface area contributed by atoms with Crippen molar-refractivity contribution in [1.29, 1.82) is 0 Å². The Balaban J connectivity index is 1.42. The fraction of sp³-hybridized carbons (Fsp3) is 0.684. The van der Waals surface area contributed by atoms with Crippen LogP contribution in [0.2, 0.25) is 5.15 Å². The third kappa shape index (κ3) is 4.68. The van der Waals surface area contributed by atoms with Gasteiger partial charge in [-0.3, -0.25) is 0 Å². The molecule has 1 saturated heterocycles. The highest BCUT2D eigenvalue weighted by Gasteiger charge is 2.53. The van der Waals surface area contributed by atoms with E-state index in [1.807, 2.05) is 20.8 Å². The van der Waals surface area contributed by atoms with Crippen molar-refractivity contribution in [2.24, 2.45) is 11.3 Å². The molecule has 0 bridgehead atoms. The van der Waals surface area contributed by atoms with Crippen LogP contribution >= 0.6 is 11.6 Å². The third-order valence-electron chi connectivity index (χ3n) is 5.17. The van der Waals surface area contributed by atoms with Crippen molar-refractivity contribution < 1.29 is 22.7 Å². The van der Waals surface area contributed by atoms with Gasteiger partial charge < -0.3 is 9.64 Å². The van der Waals surface area contributed by atoms with Crippen molar-refractivity contribution in [1.82, 2.24) is 9.88 Å². The lowest BCUT2D eigenvalue weighted by Gasteiger charge is -2.59. The number of likely N-dealkylation sites (tertiary alicyclic amines) is 1. The molecule has 4 nitrogen and oxygen atoms in total. The topological polar surface area (TPSA) is 42.4 Å². The highest BCUT2D eigenvalue weighted by molar-refractivity contribution is 6.30. The summed E-state index contributed by atoms with van der Waals surface area (Å²) in [5.74, 6) is 0.508. The number of hydrogen-bond donors (Lipinski definition) is 0. The SMILES string of the molecule is CC(C)(C)OC(=O)N1CC2(CC(CCc3ccc(C(F)(F)F)c(Cl)n3)C2)C1. The van der Waals surface area contributed by atoms with Gasteiger partial charge in [-0.1, -0.05) is 11.6 Å². The molecule has 1 aliphatic carbocycles. The molecule has 8 heteroatoms. The molecular weight excluding hydrogens is 381 g/mol. The standard InChI is InChI=1S/C19H24ClF3N2O2/c1-17(2,3)27-16(26)25-10-18(11-25)8-12(9-18)4-5-13-6-7-14(15(20)24-13)19(21,22)23/h6-7,12H,4-5,8-11H2,1-3H3. The summed E-state index contributed by atoms with van der Waals surface area (Å²) in [5, 5.41) is -0.489. The lowest BCUT2D eigenvalue weighted by molar-refractivity contribution is -0.137. The number of hydrogen-bond acceptors (Lipinski definition) is 3. The van der Waals surface area contributed by atoms with E-state index in [1.54, 1.807) is 4.90 Å². The lowest BCUT2D eigenvalue weighted by atomic mass is 9.57. The molecule has 1 aliphatic heterocycles. The first-order chi connectivity index (χ1) is 12.4. The van der Waals surface area contributed by atoms with Gasteiger partial charge in [0.05, 0.1) is 5.56 Å². The predicted molar refractivity (Wildman–Crippen MR) is 95.5 cm³/mol. The molecule has 0 aromatic carbocycles. The van der Waals surface area contributed by atoms with Crippen LogP contribution in [0.3, 0.4) is 0 Å². The first-order valence-corrected chi connectivity index (χ1v) is 9.45. The van der Waals surface area contributed by atoms with Crippen LogP contribution in [0.4, 0.5) is 18.0 Å². The number of alkyl halides is 3. The van der Waals surface area contributed by atoms with Crippen LogP contribution in [0.5, 0.6) is 0 Å². The van der Waals surface area contributed by atoms with Gasteiger partial charge in [-0.25, -0.2) is 9.78 Å². The predicted octanol–water partition coefficient (Wildman–Crippen LogP) is 5.33. The van der Waals surface area contributed by atoms with Gasteiger partial charge in [-0.05, 0) is 64.5 Å². The van der Waals surface area contributed by atoms with Gasteiger partial charge >= 0.3 is 12.3 Å². The van der Waals surface area contributed by atoms with E-state index in [0.29, 0.717) is 18.0 Å². The van der Waals surface area contributed by atoms with E-state index in [-0.39, 0.29) is 11.5 Å². The Bertz CT molecular complexity index is 717.